The second-order valence-corrected chi connectivity index (χ2v) is 5.66. The Bertz CT molecular complexity index is 480. The summed E-state index contributed by atoms with van der Waals surface area (Å²) in [5.74, 6) is 0.487. The van der Waals surface area contributed by atoms with E-state index in [4.69, 9.17) is 14.3 Å². The molecule has 104 valence electrons. The fourth-order valence-corrected chi connectivity index (χ4v) is 2.96. The van der Waals surface area contributed by atoms with E-state index in [2.05, 4.69) is 4.72 Å². The Balaban J connectivity index is 2.82. The molecule has 1 heterocycles. The van der Waals surface area contributed by atoms with E-state index in [0.29, 0.717) is 13.2 Å². The zero-order valence-electron chi connectivity index (χ0n) is 10.8. The van der Waals surface area contributed by atoms with E-state index in [1.165, 1.54) is 6.07 Å². The fraction of sp³-hybridized carbons (Fsp3) is 0.636. The molecule has 2 N–H and O–H groups in total. The molecule has 0 amide bonds. The molecule has 1 atom stereocenters. The number of ether oxygens (including phenoxy) is 1. The maximum Gasteiger partial charge on any atom is 0.244 e. The predicted octanol–water partition coefficient (Wildman–Crippen LogP) is 0.784. The normalized spacial score (nSPS) is 13.8. The van der Waals surface area contributed by atoms with Gasteiger partial charge in [-0.3, -0.25) is 0 Å². The molecule has 1 aromatic heterocycles. The van der Waals surface area contributed by atoms with Gasteiger partial charge >= 0.3 is 0 Å². The minimum atomic E-state index is -3.64. The van der Waals surface area contributed by atoms with Crippen LogP contribution >= 0.6 is 0 Å². The van der Waals surface area contributed by atoms with E-state index in [-0.39, 0.29) is 29.1 Å². The SMILES string of the molecule is CCOCC(C)NS(=O)(=O)c1cc(CO)oc1C. The van der Waals surface area contributed by atoms with Crippen molar-refractivity contribution >= 4 is 10.0 Å². The predicted molar refractivity (Wildman–Crippen MR) is 65.6 cm³/mol. The van der Waals surface area contributed by atoms with Crippen molar-refractivity contribution in [1.29, 1.82) is 0 Å². The molecule has 0 saturated carbocycles. The van der Waals surface area contributed by atoms with Crippen molar-refractivity contribution in [3.05, 3.63) is 17.6 Å². The summed E-state index contributed by atoms with van der Waals surface area (Å²) >= 11 is 0. The molecule has 0 aliphatic rings. The number of sulfonamides is 1. The molecule has 0 bridgehead atoms. The maximum atomic E-state index is 12.0. The third-order valence-corrected chi connectivity index (χ3v) is 3.99. The Hall–Kier alpha value is -0.890. The summed E-state index contributed by atoms with van der Waals surface area (Å²) in [6.45, 7) is 5.61. The Morgan fingerprint density at radius 3 is 2.72 bits per heavy atom. The molecule has 0 aliphatic heterocycles. The average molecular weight is 277 g/mol. The number of nitrogens with one attached hydrogen (secondary N) is 1. The molecule has 1 unspecified atom stereocenters. The van der Waals surface area contributed by atoms with Gasteiger partial charge in [0, 0.05) is 18.7 Å². The third kappa shape index (κ3) is 3.81. The van der Waals surface area contributed by atoms with Gasteiger partial charge in [-0.05, 0) is 20.8 Å². The van der Waals surface area contributed by atoms with Gasteiger partial charge in [0.15, 0.2) is 0 Å². The van der Waals surface area contributed by atoms with Gasteiger partial charge in [0.1, 0.15) is 23.0 Å². The number of rotatable bonds is 7. The summed E-state index contributed by atoms with van der Waals surface area (Å²) in [6, 6.07) is 0.993. The lowest BCUT2D eigenvalue weighted by Gasteiger charge is -2.13. The lowest BCUT2D eigenvalue weighted by atomic mass is 10.4. The molecule has 1 aromatic rings. The first-order valence-corrected chi connectivity index (χ1v) is 7.19. The van der Waals surface area contributed by atoms with Crippen molar-refractivity contribution in [1.82, 2.24) is 4.72 Å². The number of hydrogen-bond donors (Lipinski definition) is 2. The van der Waals surface area contributed by atoms with Crippen molar-refractivity contribution in [2.75, 3.05) is 13.2 Å². The highest BCUT2D eigenvalue weighted by molar-refractivity contribution is 7.89. The Morgan fingerprint density at radius 2 is 2.22 bits per heavy atom. The van der Waals surface area contributed by atoms with Crippen LogP contribution < -0.4 is 4.72 Å². The minimum Gasteiger partial charge on any atom is -0.462 e. The minimum absolute atomic E-state index is 0.0508. The third-order valence-electron chi connectivity index (χ3n) is 2.30. The maximum absolute atomic E-state index is 12.0. The van der Waals surface area contributed by atoms with Crippen LogP contribution in [0.3, 0.4) is 0 Å². The molecule has 0 aromatic carbocycles. The van der Waals surface area contributed by atoms with Crippen LogP contribution in [0, 0.1) is 6.92 Å². The molecule has 0 spiro atoms. The van der Waals surface area contributed by atoms with E-state index in [9.17, 15) is 8.42 Å². The van der Waals surface area contributed by atoms with Crippen LogP contribution in [0.5, 0.6) is 0 Å². The smallest absolute Gasteiger partial charge is 0.244 e. The highest BCUT2D eigenvalue weighted by Crippen LogP contribution is 2.20. The molecule has 1 rings (SSSR count). The number of aryl methyl sites for hydroxylation is 1. The van der Waals surface area contributed by atoms with Gasteiger partial charge in [-0.25, -0.2) is 13.1 Å². The second-order valence-electron chi connectivity index (χ2n) is 3.97. The largest absolute Gasteiger partial charge is 0.462 e. The Kier molecular flexibility index (Phi) is 5.33. The van der Waals surface area contributed by atoms with Crippen LogP contribution in [-0.2, 0) is 21.4 Å². The molecule has 0 saturated heterocycles. The van der Waals surface area contributed by atoms with Crippen molar-refractivity contribution < 1.29 is 22.7 Å². The zero-order valence-corrected chi connectivity index (χ0v) is 11.6. The number of aliphatic hydroxyl groups excluding tert-OH is 1. The van der Waals surface area contributed by atoms with Gasteiger partial charge in [0.05, 0.1) is 6.61 Å². The molecule has 18 heavy (non-hydrogen) atoms. The zero-order chi connectivity index (χ0) is 13.8. The van der Waals surface area contributed by atoms with Crippen molar-refractivity contribution in [3.8, 4) is 0 Å². The number of furan rings is 1. The summed E-state index contributed by atoms with van der Waals surface area (Å²) in [4.78, 5) is 0.0508. The summed E-state index contributed by atoms with van der Waals surface area (Å²) in [6.07, 6.45) is 0. The van der Waals surface area contributed by atoms with Gasteiger partial charge < -0.3 is 14.3 Å². The fourth-order valence-electron chi connectivity index (χ4n) is 1.53. The van der Waals surface area contributed by atoms with Gasteiger partial charge in [0.25, 0.3) is 0 Å². The molecule has 0 fully saturated rings. The first kappa shape index (κ1) is 15.2. The monoisotopic (exact) mass is 277 g/mol. The van der Waals surface area contributed by atoms with Gasteiger partial charge in [-0.2, -0.15) is 0 Å². The Morgan fingerprint density at radius 1 is 1.56 bits per heavy atom. The topological polar surface area (TPSA) is 88.8 Å². The van der Waals surface area contributed by atoms with Crippen molar-refractivity contribution in [2.24, 2.45) is 0 Å². The lowest BCUT2D eigenvalue weighted by molar-refractivity contribution is 0.133. The highest BCUT2D eigenvalue weighted by atomic mass is 32.2. The van der Waals surface area contributed by atoms with Crippen LogP contribution in [0.15, 0.2) is 15.4 Å². The number of hydrogen-bond acceptors (Lipinski definition) is 5. The van der Waals surface area contributed by atoms with E-state index in [0.717, 1.165) is 0 Å². The van der Waals surface area contributed by atoms with E-state index in [1.54, 1.807) is 13.8 Å². The Labute approximate surface area is 107 Å². The van der Waals surface area contributed by atoms with Gasteiger partial charge in [0.2, 0.25) is 10.0 Å². The summed E-state index contributed by atoms with van der Waals surface area (Å²) in [5.41, 5.74) is 0. The van der Waals surface area contributed by atoms with Crippen molar-refractivity contribution in [3.63, 3.8) is 0 Å². The highest BCUT2D eigenvalue weighted by Gasteiger charge is 2.23. The summed E-state index contributed by atoms with van der Waals surface area (Å²) in [7, 11) is -3.64. The molecular formula is C11H19NO5S. The second kappa shape index (κ2) is 6.33. The van der Waals surface area contributed by atoms with Crippen LogP contribution in [-0.4, -0.2) is 32.8 Å². The average Bonchev–Trinajstić information content (AvgIpc) is 2.68. The molecule has 7 heteroatoms. The number of aliphatic hydroxyl groups is 1. The molecular weight excluding hydrogens is 258 g/mol. The summed E-state index contributed by atoms with van der Waals surface area (Å²) in [5, 5.41) is 8.91. The van der Waals surface area contributed by atoms with Crippen LogP contribution in [0.1, 0.15) is 25.4 Å². The summed E-state index contributed by atoms with van der Waals surface area (Å²) < 4.78 is 36.8. The van der Waals surface area contributed by atoms with Gasteiger partial charge in [-0.1, -0.05) is 0 Å². The van der Waals surface area contributed by atoms with Crippen LogP contribution in [0.4, 0.5) is 0 Å². The van der Waals surface area contributed by atoms with Crippen LogP contribution in [0.2, 0.25) is 0 Å². The van der Waals surface area contributed by atoms with E-state index < -0.39 is 10.0 Å². The quantitative estimate of drug-likeness (QED) is 0.769. The first-order valence-electron chi connectivity index (χ1n) is 5.71. The van der Waals surface area contributed by atoms with Crippen LogP contribution in [0.25, 0.3) is 0 Å². The molecule has 0 radical (unpaired) electrons. The molecule has 0 aliphatic carbocycles. The lowest BCUT2D eigenvalue weighted by Crippen LogP contribution is -2.36. The van der Waals surface area contributed by atoms with E-state index >= 15 is 0 Å². The first-order chi connectivity index (χ1) is 8.40. The molecule has 6 nitrogen and oxygen atoms in total. The van der Waals surface area contributed by atoms with Crippen molar-refractivity contribution in [2.45, 2.75) is 38.3 Å². The van der Waals surface area contributed by atoms with E-state index in [1.807, 2.05) is 6.92 Å². The van der Waals surface area contributed by atoms with Gasteiger partial charge in [-0.15, -0.1) is 0 Å². The standard InChI is InChI=1S/C11H19NO5S/c1-4-16-7-8(2)12-18(14,15)11-5-10(6-13)17-9(11)3/h5,8,12-13H,4,6-7H2,1-3H3.